The Morgan fingerprint density at radius 2 is 1.89 bits per heavy atom. The first-order chi connectivity index (χ1) is 8.66. The second-order valence-electron chi connectivity index (χ2n) is 4.65. The summed E-state index contributed by atoms with van der Waals surface area (Å²) < 4.78 is 0. The highest BCUT2D eigenvalue weighted by atomic mass is 35.5. The van der Waals surface area contributed by atoms with E-state index in [2.05, 4.69) is 0 Å². The summed E-state index contributed by atoms with van der Waals surface area (Å²) in [4.78, 5) is 25.8. The second-order valence-corrected chi connectivity index (χ2v) is 5.08. The Bertz CT molecular complexity index is 547. The summed E-state index contributed by atoms with van der Waals surface area (Å²) in [7, 11) is 0. The molecule has 0 spiro atoms. The Morgan fingerprint density at radius 1 is 1.17 bits per heavy atom. The molecule has 1 aromatic carbocycles. The van der Waals surface area contributed by atoms with Gasteiger partial charge < -0.3 is 0 Å². The van der Waals surface area contributed by atoms with Crippen LogP contribution in [0.2, 0.25) is 5.02 Å². The molecule has 0 N–H and O–H groups in total. The van der Waals surface area contributed by atoms with Crippen molar-refractivity contribution >= 4 is 29.1 Å². The second kappa shape index (κ2) is 4.25. The van der Waals surface area contributed by atoms with E-state index in [0.29, 0.717) is 10.7 Å². The van der Waals surface area contributed by atoms with Gasteiger partial charge in [-0.1, -0.05) is 17.7 Å². The monoisotopic (exact) mass is 261 g/mol. The predicted octanol–water partition coefficient (Wildman–Crippen LogP) is 2.94. The Morgan fingerprint density at radius 3 is 2.61 bits per heavy atom. The molecule has 0 radical (unpaired) electrons. The standard InChI is InChI=1S/C14H12ClNO2/c15-11-4-6-12(7-5-11)16-13(17)9-2-1-3-10(8-9)14(16)18/h4-9H,1-3H2. The van der Waals surface area contributed by atoms with Gasteiger partial charge in [0.05, 0.1) is 11.6 Å². The Kier molecular flexibility index (Phi) is 2.71. The quantitative estimate of drug-likeness (QED) is 0.729. The van der Waals surface area contributed by atoms with Gasteiger partial charge >= 0.3 is 0 Å². The highest BCUT2D eigenvalue weighted by Crippen LogP contribution is 2.33. The van der Waals surface area contributed by atoms with Gasteiger partial charge in [-0.15, -0.1) is 0 Å². The Labute approximate surface area is 110 Å². The molecule has 3 nitrogen and oxygen atoms in total. The van der Waals surface area contributed by atoms with Crippen molar-refractivity contribution in [3.63, 3.8) is 0 Å². The van der Waals surface area contributed by atoms with E-state index in [9.17, 15) is 9.59 Å². The van der Waals surface area contributed by atoms with E-state index in [1.165, 1.54) is 4.90 Å². The summed E-state index contributed by atoms with van der Waals surface area (Å²) in [6.45, 7) is 0. The van der Waals surface area contributed by atoms with Gasteiger partial charge in [-0.25, -0.2) is 4.90 Å². The highest BCUT2D eigenvalue weighted by Gasteiger charge is 2.37. The lowest BCUT2D eigenvalue weighted by Crippen LogP contribution is -2.46. The summed E-state index contributed by atoms with van der Waals surface area (Å²) in [5.41, 5.74) is 1.37. The van der Waals surface area contributed by atoms with Crippen molar-refractivity contribution in [2.24, 2.45) is 5.92 Å². The lowest BCUT2D eigenvalue weighted by molar-refractivity contribution is -0.128. The van der Waals surface area contributed by atoms with Crippen LogP contribution in [0, 0.1) is 5.92 Å². The molecule has 0 saturated carbocycles. The van der Waals surface area contributed by atoms with Gasteiger partial charge in [0.1, 0.15) is 0 Å². The van der Waals surface area contributed by atoms with Gasteiger partial charge in [-0.05, 0) is 43.5 Å². The highest BCUT2D eigenvalue weighted by molar-refractivity contribution is 6.31. The fourth-order valence-corrected chi connectivity index (χ4v) is 2.67. The number of rotatable bonds is 1. The fourth-order valence-electron chi connectivity index (χ4n) is 2.54. The zero-order chi connectivity index (χ0) is 12.7. The van der Waals surface area contributed by atoms with E-state index < -0.39 is 0 Å². The summed E-state index contributed by atoms with van der Waals surface area (Å²) in [5, 5.41) is 0.593. The summed E-state index contributed by atoms with van der Waals surface area (Å²) in [6.07, 6.45) is 4.36. The van der Waals surface area contributed by atoms with E-state index >= 15 is 0 Å². The molecule has 1 unspecified atom stereocenters. The van der Waals surface area contributed by atoms with Crippen LogP contribution in [0.4, 0.5) is 5.69 Å². The van der Waals surface area contributed by atoms with Crippen LogP contribution in [-0.2, 0) is 9.59 Å². The van der Waals surface area contributed by atoms with Crippen molar-refractivity contribution in [3.8, 4) is 0 Å². The molecular formula is C14H12ClNO2. The smallest absolute Gasteiger partial charge is 0.260 e. The number of benzene rings is 1. The number of nitrogens with zero attached hydrogens (tertiary/aromatic N) is 1. The molecule has 18 heavy (non-hydrogen) atoms. The lowest BCUT2D eigenvalue weighted by Gasteiger charge is -2.33. The molecule has 2 bridgehead atoms. The molecule has 1 heterocycles. The maximum atomic E-state index is 12.3. The van der Waals surface area contributed by atoms with Crippen molar-refractivity contribution in [3.05, 3.63) is 40.9 Å². The first-order valence-corrected chi connectivity index (χ1v) is 6.39. The molecule has 0 saturated heterocycles. The van der Waals surface area contributed by atoms with Crippen molar-refractivity contribution in [2.75, 3.05) is 4.90 Å². The molecule has 2 amide bonds. The average Bonchev–Trinajstić information content (AvgIpc) is 2.40. The number of hydrogen-bond donors (Lipinski definition) is 0. The largest absolute Gasteiger partial charge is 0.273 e. The number of fused-ring (bicyclic) bond motifs is 1. The van der Waals surface area contributed by atoms with Gasteiger partial charge in [-0.2, -0.15) is 0 Å². The number of hydrogen-bond acceptors (Lipinski definition) is 2. The molecule has 92 valence electrons. The van der Waals surface area contributed by atoms with Crippen molar-refractivity contribution < 1.29 is 9.59 Å². The third-order valence-corrected chi connectivity index (χ3v) is 3.72. The topological polar surface area (TPSA) is 37.4 Å². The normalized spacial score (nSPS) is 23.1. The van der Waals surface area contributed by atoms with Crippen LogP contribution >= 0.6 is 11.6 Å². The molecule has 3 rings (SSSR count). The van der Waals surface area contributed by atoms with Crippen molar-refractivity contribution in [2.45, 2.75) is 19.3 Å². The number of carbonyl (C=O) groups is 2. The van der Waals surface area contributed by atoms with Crippen molar-refractivity contribution in [1.82, 2.24) is 0 Å². The molecule has 4 heteroatoms. The van der Waals surface area contributed by atoms with Crippen LogP contribution < -0.4 is 4.90 Å². The third-order valence-electron chi connectivity index (χ3n) is 3.46. The van der Waals surface area contributed by atoms with E-state index in [0.717, 1.165) is 24.8 Å². The number of carbonyl (C=O) groups excluding carboxylic acids is 2. The lowest BCUT2D eigenvalue weighted by atomic mass is 9.85. The van der Waals surface area contributed by atoms with Crippen LogP contribution in [0.15, 0.2) is 35.9 Å². The number of amides is 2. The first kappa shape index (κ1) is 11.5. The maximum absolute atomic E-state index is 12.3. The molecule has 0 fully saturated rings. The molecule has 2 aliphatic rings. The van der Waals surface area contributed by atoms with E-state index in [1.807, 2.05) is 6.08 Å². The van der Waals surface area contributed by atoms with Gasteiger partial charge in [0.2, 0.25) is 5.91 Å². The SMILES string of the molecule is O=C1C2=CC(CCC2)C(=O)N1c1ccc(Cl)cc1. The van der Waals surface area contributed by atoms with Crippen LogP contribution in [0.3, 0.4) is 0 Å². The van der Waals surface area contributed by atoms with E-state index in [1.54, 1.807) is 24.3 Å². The van der Waals surface area contributed by atoms with Gasteiger partial charge in [-0.3, -0.25) is 9.59 Å². The third kappa shape index (κ3) is 1.75. The fraction of sp³-hybridized carbons (Fsp3) is 0.286. The average molecular weight is 262 g/mol. The van der Waals surface area contributed by atoms with Gasteiger partial charge in [0, 0.05) is 10.6 Å². The van der Waals surface area contributed by atoms with Crippen LogP contribution in [0.25, 0.3) is 0 Å². The zero-order valence-corrected chi connectivity index (χ0v) is 10.5. The molecule has 0 aromatic heterocycles. The number of halogens is 1. The molecule has 1 aromatic rings. The molecule has 1 aliphatic heterocycles. The van der Waals surface area contributed by atoms with Crippen LogP contribution in [0.1, 0.15) is 19.3 Å². The van der Waals surface area contributed by atoms with Gasteiger partial charge in [0.25, 0.3) is 5.91 Å². The van der Waals surface area contributed by atoms with Crippen LogP contribution in [0.5, 0.6) is 0 Å². The number of imide groups is 1. The van der Waals surface area contributed by atoms with Crippen molar-refractivity contribution in [1.29, 1.82) is 0 Å². The van der Waals surface area contributed by atoms with Gasteiger partial charge in [0.15, 0.2) is 0 Å². The summed E-state index contributed by atoms with van der Waals surface area (Å²) >= 11 is 5.82. The zero-order valence-electron chi connectivity index (χ0n) is 9.73. The maximum Gasteiger partial charge on any atom is 0.260 e. The number of anilines is 1. The predicted molar refractivity (Wildman–Crippen MR) is 69.4 cm³/mol. The Hall–Kier alpha value is -1.61. The molecule has 1 aliphatic carbocycles. The molecular weight excluding hydrogens is 250 g/mol. The summed E-state index contributed by atoms with van der Waals surface area (Å²) in [5.74, 6) is -0.439. The Balaban J connectivity index is 2.02. The van der Waals surface area contributed by atoms with E-state index in [4.69, 9.17) is 11.6 Å². The minimum absolute atomic E-state index is 0.120. The minimum atomic E-state index is -0.182. The molecule has 1 atom stereocenters. The summed E-state index contributed by atoms with van der Waals surface area (Å²) in [6, 6.07) is 6.80. The van der Waals surface area contributed by atoms with E-state index in [-0.39, 0.29) is 17.7 Å². The minimum Gasteiger partial charge on any atom is -0.273 e. The van der Waals surface area contributed by atoms with Crippen LogP contribution in [-0.4, -0.2) is 11.8 Å². The first-order valence-electron chi connectivity index (χ1n) is 6.01.